The number of methoxy groups -OCH3 is 1. The molecule has 0 aliphatic carbocycles. The van der Waals surface area contributed by atoms with Crippen LogP contribution in [0.5, 0.6) is 5.75 Å². The van der Waals surface area contributed by atoms with E-state index < -0.39 is 58.6 Å². The van der Waals surface area contributed by atoms with Gasteiger partial charge in [0.15, 0.2) is 11.6 Å². The van der Waals surface area contributed by atoms with Crippen LogP contribution in [0.1, 0.15) is 41.1 Å². The maximum absolute atomic E-state index is 15.6. The Labute approximate surface area is 260 Å². The smallest absolute Gasteiger partial charge is 0.416 e. The van der Waals surface area contributed by atoms with Crippen molar-refractivity contribution >= 4 is 12.2 Å². The van der Waals surface area contributed by atoms with E-state index in [1.54, 1.807) is 30.3 Å². The number of hydrogen-bond donors (Lipinski definition) is 1. The van der Waals surface area contributed by atoms with E-state index in [2.05, 4.69) is 4.99 Å². The molecule has 13 heteroatoms. The minimum atomic E-state index is -4.96. The lowest BCUT2D eigenvalue weighted by Gasteiger charge is -2.22. The number of carboxylic acids is 1. The van der Waals surface area contributed by atoms with Gasteiger partial charge in [-0.05, 0) is 37.1 Å². The molecule has 0 bridgehead atoms. The number of carboxylic acid groups (broad SMARTS) is 1. The highest BCUT2D eigenvalue weighted by Gasteiger charge is 2.35. The quantitative estimate of drug-likeness (QED) is 0.115. The second-order valence-electron chi connectivity index (χ2n) is 10.4. The Bertz CT molecular complexity index is 1870. The molecule has 1 heterocycles. The van der Waals surface area contributed by atoms with Gasteiger partial charge in [0, 0.05) is 48.5 Å². The van der Waals surface area contributed by atoms with Crippen molar-refractivity contribution in [3.8, 4) is 16.9 Å². The minimum absolute atomic E-state index is 0.124. The average molecular weight is 644 g/mol. The maximum Gasteiger partial charge on any atom is 0.416 e. The van der Waals surface area contributed by atoms with Gasteiger partial charge in [0.1, 0.15) is 5.82 Å². The maximum atomic E-state index is 15.6. The molecule has 0 aliphatic rings. The normalized spacial score (nSPS) is 12.4. The molecule has 0 radical (unpaired) electrons. The molecule has 0 amide bonds. The van der Waals surface area contributed by atoms with Gasteiger partial charge in [-0.2, -0.15) is 13.2 Å². The number of carbonyl (C=O) groups is 1. The van der Waals surface area contributed by atoms with Crippen molar-refractivity contribution in [2.24, 2.45) is 4.99 Å². The largest absolute Gasteiger partial charge is 0.494 e. The van der Waals surface area contributed by atoms with Crippen LogP contribution in [-0.2, 0) is 24.1 Å². The Morgan fingerprint density at radius 3 is 2.35 bits per heavy atom. The lowest BCUT2D eigenvalue weighted by molar-refractivity contribution is -0.138. The van der Waals surface area contributed by atoms with E-state index in [-0.39, 0.29) is 48.5 Å². The number of ether oxygens (including phenoxy) is 1. The molecule has 3 aromatic carbocycles. The molecule has 0 saturated carbocycles. The highest BCUT2D eigenvalue weighted by atomic mass is 19.4. The first-order chi connectivity index (χ1) is 21.8. The van der Waals surface area contributed by atoms with Crippen molar-refractivity contribution < 1.29 is 36.6 Å². The van der Waals surface area contributed by atoms with Crippen LogP contribution in [-0.4, -0.2) is 40.1 Å². The number of aromatic nitrogens is 2. The van der Waals surface area contributed by atoms with Crippen LogP contribution in [0.2, 0.25) is 0 Å². The van der Waals surface area contributed by atoms with E-state index in [4.69, 9.17) is 9.84 Å². The zero-order chi connectivity index (χ0) is 33.6. The van der Waals surface area contributed by atoms with Crippen molar-refractivity contribution in [2.75, 3.05) is 13.7 Å². The topological polar surface area (TPSA) is 103 Å². The van der Waals surface area contributed by atoms with E-state index in [0.29, 0.717) is 11.6 Å². The summed E-state index contributed by atoms with van der Waals surface area (Å²) in [6.07, 6.45) is -3.40. The summed E-state index contributed by atoms with van der Waals surface area (Å²) in [6.45, 7) is 0.126. The van der Waals surface area contributed by atoms with E-state index in [1.807, 2.05) is 0 Å². The molecule has 1 aromatic heterocycles. The van der Waals surface area contributed by atoms with Gasteiger partial charge in [-0.25, -0.2) is 13.6 Å². The monoisotopic (exact) mass is 643 g/mol. The minimum Gasteiger partial charge on any atom is -0.494 e. The molecular formula is C33H30F5N3O5. The van der Waals surface area contributed by atoms with Crippen LogP contribution in [0.25, 0.3) is 11.1 Å². The zero-order valence-electron chi connectivity index (χ0n) is 24.9. The molecule has 1 N–H and O–H groups in total. The molecule has 4 rings (SSSR count). The lowest BCUT2D eigenvalue weighted by Crippen LogP contribution is -2.43. The Morgan fingerprint density at radius 1 is 1.00 bits per heavy atom. The lowest BCUT2D eigenvalue weighted by atomic mass is 9.99. The highest BCUT2D eigenvalue weighted by Crippen LogP contribution is 2.34. The number of nitrogens with zero attached hydrogens (tertiary/aromatic N) is 3. The van der Waals surface area contributed by atoms with Gasteiger partial charge in [0.05, 0.1) is 24.8 Å². The third kappa shape index (κ3) is 7.41. The summed E-state index contributed by atoms with van der Waals surface area (Å²) in [5.74, 6) is -4.12. The first kappa shape index (κ1) is 33.8. The first-order valence-corrected chi connectivity index (χ1v) is 14.1. The molecule has 46 heavy (non-hydrogen) atoms. The molecular weight excluding hydrogens is 613 g/mol. The number of aliphatic carboxylic acids is 1. The SMILES string of the molecule is COc1cccc(-c2c(C)n(Cc3c(F)cccc3C(F)(F)F)c(=O)n(CC(/C=N/CCCC(=O)O)c3ccccc3)c2=O)c1F. The number of hydrogen-bond acceptors (Lipinski definition) is 5. The Morgan fingerprint density at radius 2 is 1.70 bits per heavy atom. The van der Waals surface area contributed by atoms with E-state index in [0.717, 1.165) is 21.3 Å². The molecule has 8 nitrogen and oxygen atoms in total. The summed E-state index contributed by atoms with van der Waals surface area (Å²) < 4.78 is 78.9. The molecule has 242 valence electrons. The van der Waals surface area contributed by atoms with Crippen molar-refractivity contribution in [2.45, 2.75) is 44.9 Å². The van der Waals surface area contributed by atoms with E-state index in [9.17, 15) is 31.9 Å². The summed E-state index contributed by atoms with van der Waals surface area (Å²) >= 11 is 0. The molecule has 0 saturated heterocycles. The van der Waals surface area contributed by atoms with Crippen molar-refractivity contribution in [3.05, 3.63) is 122 Å². The average Bonchev–Trinajstić information content (AvgIpc) is 3.01. The second kappa shape index (κ2) is 14.4. The summed E-state index contributed by atoms with van der Waals surface area (Å²) in [5.41, 5.74) is -4.29. The molecule has 1 unspecified atom stereocenters. The number of benzene rings is 3. The molecule has 0 fully saturated rings. The summed E-state index contributed by atoms with van der Waals surface area (Å²) in [5, 5.41) is 8.91. The predicted molar refractivity (Wildman–Crippen MR) is 162 cm³/mol. The predicted octanol–water partition coefficient (Wildman–Crippen LogP) is 6.06. The van der Waals surface area contributed by atoms with Gasteiger partial charge < -0.3 is 9.84 Å². The van der Waals surface area contributed by atoms with Gasteiger partial charge in [-0.3, -0.25) is 23.7 Å². The fraction of sp³-hybridized carbons (Fsp3) is 0.273. The Balaban J connectivity index is 1.96. The Kier molecular flexibility index (Phi) is 10.6. The van der Waals surface area contributed by atoms with E-state index >= 15 is 4.39 Å². The zero-order valence-corrected chi connectivity index (χ0v) is 24.9. The number of halogens is 5. The standard InChI is InChI=1S/C33H30F5N3O5/c1-20-29(23-11-6-14-27(46-2)30(23)35)31(44)41(18-22(21-9-4-3-5-10-21)17-39-16-8-15-28(42)43)32(45)40(20)19-24-25(33(36,37)38)12-7-13-26(24)34/h3-7,9-14,17,22H,8,15-16,18-19H2,1-2H3,(H,42,43)/b39-17+. The third-order valence-electron chi connectivity index (χ3n) is 7.45. The highest BCUT2D eigenvalue weighted by molar-refractivity contribution is 5.69. The number of aliphatic imine (C=N–C) groups is 1. The van der Waals surface area contributed by atoms with Gasteiger partial charge in [0.25, 0.3) is 5.56 Å². The molecule has 0 aliphatic heterocycles. The molecule has 0 spiro atoms. The fourth-order valence-corrected chi connectivity index (χ4v) is 5.12. The van der Waals surface area contributed by atoms with Crippen LogP contribution in [0.4, 0.5) is 22.0 Å². The first-order valence-electron chi connectivity index (χ1n) is 14.1. The number of rotatable bonds is 12. The van der Waals surface area contributed by atoms with Crippen LogP contribution >= 0.6 is 0 Å². The van der Waals surface area contributed by atoms with Gasteiger partial charge >= 0.3 is 17.8 Å². The summed E-state index contributed by atoms with van der Waals surface area (Å²) in [4.78, 5) is 43.2. The third-order valence-corrected chi connectivity index (χ3v) is 7.45. The van der Waals surface area contributed by atoms with Crippen molar-refractivity contribution in [1.82, 2.24) is 9.13 Å². The summed E-state index contributed by atoms with van der Waals surface area (Å²) in [6, 6.07) is 15.0. The van der Waals surface area contributed by atoms with Crippen LogP contribution < -0.4 is 16.0 Å². The van der Waals surface area contributed by atoms with Gasteiger partial charge in [-0.1, -0.05) is 48.5 Å². The van der Waals surface area contributed by atoms with Crippen LogP contribution in [0.15, 0.2) is 81.3 Å². The molecule has 1 atom stereocenters. The van der Waals surface area contributed by atoms with E-state index in [1.165, 1.54) is 38.4 Å². The van der Waals surface area contributed by atoms with Gasteiger partial charge in [0.2, 0.25) is 0 Å². The van der Waals surface area contributed by atoms with Crippen molar-refractivity contribution in [1.29, 1.82) is 0 Å². The van der Waals surface area contributed by atoms with Gasteiger partial charge in [-0.15, -0.1) is 0 Å². The summed E-state index contributed by atoms with van der Waals surface area (Å²) in [7, 11) is 1.21. The Hall–Kier alpha value is -5.07. The number of alkyl halides is 3. The second-order valence-corrected chi connectivity index (χ2v) is 10.4. The molecule has 4 aromatic rings. The van der Waals surface area contributed by atoms with Crippen LogP contribution in [0.3, 0.4) is 0 Å². The van der Waals surface area contributed by atoms with Crippen molar-refractivity contribution in [3.63, 3.8) is 0 Å². The fourth-order valence-electron chi connectivity index (χ4n) is 5.12. The van der Waals surface area contributed by atoms with Crippen LogP contribution in [0, 0.1) is 18.6 Å².